The second kappa shape index (κ2) is 8.09. The van der Waals surface area contributed by atoms with E-state index in [1.54, 1.807) is 0 Å². The van der Waals surface area contributed by atoms with E-state index < -0.39 is 0 Å². The summed E-state index contributed by atoms with van der Waals surface area (Å²) < 4.78 is 6.00. The summed E-state index contributed by atoms with van der Waals surface area (Å²) in [6.45, 7) is 0.367. The Hall–Kier alpha value is -3.92. The number of hydrogen-bond donors (Lipinski definition) is 0. The number of para-hydroxylation sites is 1. The maximum absolute atomic E-state index is 13.3. The van der Waals surface area contributed by atoms with Gasteiger partial charge in [0.15, 0.2) is 0 Å². The van der Waals surface area contributed by atoms with E-state index in [1.807, 2.05) is 17.0 Å². The molecule has 1 amide bonds. The first-order valence-corrected chi connectivity index (χ1v) is 12.5. The highest BCUT2D eigenvalue weighted by atomic mass is 16.6. The zero-order valence-corrected chi connectivity index (χ0v) is 19.4. The first-order chi connectivity index (χ1) is 17.3. The van der Waals surface area contributed by atoms with Gasteiger partial charge in [0.1, 0.15) is 6.61 Å². The van der Waals surface area contributed by atoms with Gasteiger partial charge < -0.3 is 4.74 Å². The molecule has 1 aromatic heterocycles. The van der Waals surface area contributed by atoms with Crippen LogP contribution >= 0.6 is 0 Å². The molecule has 1 saturated heterocycles. The lowest BCUT2D eigenvalue weighted by Crippen LogP contribution is -2.43. The lowest BCUT2D eigenvalue weighted by Gasteiger charge is -2.33. The number of hydrogen-bond acceptors (Lipinski definition) is 3. The molecule has 3 heterocycles. The van der Waals surface area contributed by atoms with Crippen molar-refractivity contribution < 1.29 is 9.53 Å². The molecule has 1 fully saturated rings. The number of pyridine rings is 1. The molecule has 35 heavy (non-hydrogen) atoms. The Morgan fingerprint density at radius 2 is 1.57 bits per heavy atom. The fourth-order valence-electron chi connectivity index (χ4n) is 6.22. The number of fused-ring (bicyclic) bond motifs is 6. The summed E-state index contributed by atoms with van der Waals surface area (Å²) in [7, 11) is 0. The average molecular weight is 459 g/mol. The van der Waals surface area contributed by atoms with E-state index >= 15 is 0 Å². The van der Waals surface area contributed by atoms with E-state index in [0.717, 1.165) is 35.9 Å². The number of aromatic nitrogens is 1. The third-order valence-corrected chi connectivity index (χ3v) is 7.87. The summed E-state index contributed by atoms with van der Waals surface area (Å²) in [5.74, 6) is 0.0849. The first kappa shape index (κ1) is 20.5. The predicted octanol–water partition coefficient (Wildman–Crippen LogP) is 6.80. The molecule has 2 aliphatic heterocycles. The lowest BCUT2D eigenvalue weighted by molar-refractivity contribution is 0.0866. The highest BCUT2D eigenvalue weighted by molar-refractivity contribution is 5.82. The van der Waals surface area contributed by atoms with Crippen LogP contribution in [0.25, 0.3) is 27.6 Å². The fraction of sp³-hybridized carbons (Fsp3) is 0.226. The molecule has 4 aromatic rings. The SMILES string of the molecule is O=C(OCC1c2ccccc2-c2ccccc21)N1C2C=C(c3ccc4ccccc4n3)CC1CC2. The smallest absolute Gasteiger partial charge is 0.410 e. The molecule has 3 aromatic carbocycles. The van der Waals surface area contributed by atoms with Crippen molar-refractivity contribution >= 4 is 22.6 Å². The summed E-state index contributed by atoms with van der Waals surface area (Å²) in [6, 6.07) is 29.6. The van der Waals surface area contributed by atoms with Crippen LogP contribution in [0.2, 0.25) is 0 Å². The van der Waals surface area contributed by atoms with E-state index in [-0.39, 0.29) is 24.1 Å². The topological polar surface area (TPSA) is 42.4 Å². The molecule has 172 valence electrons. The van der Waals surface area contributed by atoms with Gasteiger partial charge in [-0.25, -0.2) is 9.78 Å². The molecule has 7 rings (SSSR count). The Bertz CT molecular complexity index is 1440. The molecule has 4 heteroatoms. The van der Waals surface area contributed by atoms with Crippen LogP contribution in [-0.4, -0.2) is 34.7 Å². The number of benzene rings is 3. The van der Waals surface area contributed by atoms with Crippen LogP contribution < -0.4 is 0 Å². The van der Waals surface area contributed by atoms with Crippen molar-refractivity contribution in [2.75, 3.05) is 6.61 Å². The Kier molecular flexibility index (Phi) is 4.73. The number of ether oxygens (including phenoxy) is 1. The van der Waals surface area contributed by atoms with Crippen molar-refractivity contribution in [2.45, 2.75) is 37.3 Å². The van der Waals surface area contributed by atoms with Gasteiger partial charge >= 0.3 is 6.09 Å². The molecule has 2 bridgehead atoms. The number of amides is 1. The Balaban J connectivity index is 1.11. The number of carbonyl (C=O) groups is 1. The largest absolute Gasteiger partial charge is 0.448 e. The van der Waals surface area contributed by atoms with Gasteiger partial charge in [-0.1, -0.05) is 78.9 Å². The monoisotopic (exact) mass is 458 g/mol. The second-order valence-corrected chi connectivity index (χ2v) is 9.80. The molecule has 3 aliphatic rings. The Morgan fingerprint density at radius 1 is 0.857 bits per heavy atom. The first-order valence-electron chi connectivity index (χ1n) is 12.5. The molecule has 0 saturated carbocycles. The summed E-state index contributed by atoms with van der Waals surface area (Å²) >= 11 is 0. The summed E-state index contributed by atoms with van der Waals surface area (Å²) in [6.07, 6.45) is 4.85. The zero-order valence-electron chi connectivity index (χ0n) is 19.4. The van der Waals surface area contributed by atoms with Gasteiger partial charge in [0, 0.05) is 17.3 Å². The Morgan fingerprint density at radius 3 is 2.34 bits per heavy atom. The predicted molar refractivity (Wildman–Crippen MR) is 138 cm³/mol. The fourth-order valence-corrected chi connectivity index (χ4v) is 6.22. The lowest BCUT2D eigenvalue weighted by atomic mass is 9.97. The quantitative estimate of drug-likeness (QED) is 0.339. The number of nitrogens with zero attached hydrogens (tertiary/aromatic N) is 2. The normalized spacial score (nSPS) is 20.5. The van der Waals surface area contributed by atoms with Crippen LogP contribution in [0, 0.1) is 0 Å². The number of rotatable bonds is 3. The average Bonchev–Trinajstić information content (AvgIpc) is 3.37. The highest BCUT2D eigenvalue weighted by Gasteiger charge is 2.41. The summed E-state index contributed by atoms with van der Waals surface area (Å²) in [4.78, 5) is 20.2. The van der Waals surface area contributed by atoms with Crippen LogP contribution in [0.15, 0.2) is 91.0 Å². The highest BCUT2D eigenvalue weighted by Crippen LogP contribution is 2.45. The van der Waals surface area contributed by atoms with Gasteiger partial charge in [0.2, 0.25) is 0 Å². The van der Waals surface area contributed by atoms with Gasteiger partial charge in [-0.05, 0) is 59.2 Å². The minimum Gasteiger partial charge on any atom is -0.448 e. The van der Waals surface area contributed by atoms with Crippen molar-refractivity contribution in [3.05, 3.63) is 108 Å². The van der Waals surface area contributed by atoms with Gasteiger partial charge in [-0.3, -0.25) is 4.90 Å². The standard InChI is InChI=1S/C31H26N2O2/c34-31(35-19-28-26-10-4-2-8-24(26)25-9-3-5-11-27(25)28)33-22-14-15-23(33)18-21(17-22)30-16-13-20-7-1-6-12-29(20)32-30/h1-13,16-17,22-23,28H,14-15,18-19H2. The molecule has 0 N–H and O–H groups in total. The van der Waals surface area contributed by atoms with Gasteiger partial charge in [0.05, 0.1) is 17.3 Å². The van der Waals surface area contributed by atoms with Crippen molar-refractivity contribution in [1.29, 1.82) is 0 Å². The van der Waals surface area contributed by atoms with Crippen molar-refractivity contribution in [3.8, 4) is 11.1 Å². The van der Waals surface area contributed by atoms with E-state index in [1.165, 1.54) is 27.8 Å². The minimum atomic E-state index is -0.193. The third-order valence-electron chi connectivity index (χ3n) is 7.87. The molecular weight excluding hydrogens is 432 g/mol. The van der Waals surface area contributed by atoms with E-state index in [9.17, 15) is 4.79 Å². The molecule has 0 radical (unpaired) electrons. The van der Waals surface area contributed by atoms with Crippen LogP contribution in [0.1, 0.15) is 42.0 Å². The van der Waals surface area contributed by atoms with Crippen molar-refractivity contribution in [3.63, 3.8) is 0 Å². The van der Waals surface area contributed by atoms with Crippen LogP contribution in [0.4, 0.5) is 4.79 Å². The minimum absolute atomic E-state index is 0.0765. The Labute approximate surface area is 204 Å². The molecule has 4 nitrogen and oxygen atoms in total. The second-order valence-electron chi connectivity index (χ2n) is 9.80. The molecule has 1 aliphatic carbocycles. The number of carbonyl (C=O) groups excluding carboxylic acids is 1. The zero-order chi connectivity index (χ0) is 23.4. The van der Waals surface area contributed by atoms with Crippen LogP contribution in [0.3, 0.4) is 0 Å². The maximum Gasteiger partial charge on any atom is 0.410 e. The van der Waals surface area contributed by atoms with E-state index in [0.29, 0.717) is 6.61 Å². The summed E-state index contributed by atoms with van der Waals surface area (Å²) in [5.41, 5.74) is 8.26. The van der Waals surface area contributed by atoms with Crippen LogP contribution in [-0.2, 0) is 4.74 Å². The van der Waals surface area contributed by atoms with E-state index in [4.69, 9.17) is 9.72 Å². The van der Waals surface area contributed by atoms with Crippen LogP contribution in [0.5, 0.6) is 0 Å². The van der Waals surface area contributed by atoms with Gasteiger partial charge in [0.25, 0.3) is 0 Å². The van der Waals surface area contributed by atoms with E-state index in [2.05, 4.69) is 78.9 Å². The molecule has 0 spiro atoms. The maximum atomic E-state index is 13.3. The summed E-state index contributed by atoms with van der Waals surface area (Å²) in [5, 5.41) is 1.15. The van der Waals surface area contributed by atoms with Gasteiger partial charge in [-0.2, -0.15) is 0 Å². The molecule has 2 atom stereocenters. The third kappa shape index (κ3) is 3.35. The molecular formula is C31H26N2O2. The van der Waals surface area contributed by atoms with Crippen molar-refractivity contribution in [2.24, 2.45) is 0 Å². The van der Waals surface area contributed by atoms with Crippen molar-refractivity contribution in [1.82, 2.24) is 9.88 Å². The molecule has 2 unspecified atom stereocenters. The van der Waals surface area contributed by atoms with Gasteiger partial charge in [-0.15, -0.1) is 0 Å².